The molecule has 0 fully saturated rings. The Labute approximate surface area is 171 Å². The van der Waals surface area contributed by atoms with Gasteiger partial charge in [-0.25, -0.2) is 9.78 Å². The Morgan fingerprint density at radius 1 is 1.21 bits per heavy atom. The van der Waals surface area contributed by atoms with Gasteiger partial charge in [-0.15, -0.1) is 0 Å². The summed E-state index contributed by atoms with van der Waals surface area (Å²) in [4.78, 5) is 26.9. The number of nitrogens with one attached hydrogen (secondary N) is 2. The number of nitrogens with zero attached hydrogens (tertiary/aromatic N) is 2. The van der Waals surface area contributed by atoms with Gasteiger partial charge in [0.1, 0.15) is 17.1 Å². The highest BCUT2D eigenvalue weighted by Crippen LogP contribution is 2.38. The van der Waals surface area contributed by atoms with E-state index in [2.05, 4.69) is 15.6 Å². The SMILES string of the molecule is COc1cc(OC)c(-c2cn3ccc(NC(=O)CCNC(=O)O)cc3n2)cc1Cl. The van der Waals surface area contributed by atoms with Crippen molar-refractivity contribution in [3.8, 4) is 22.8 Å². The minimum atomic E-state index is -1.17. The summed E-state index contributed by atoms with van der Waals surface area (Å²) in [5.41, 5.74) is 2.50. The molecule has 3 rings (SSSR count). The highest BCUT2D eigenvalue weighted by Gasteiger charge is 2.15. The van der Waals surface area contributed by atoms with Crippen LogP contribution in [0.3, 0.4) is 0 Å². The number of rotatable bonds is 7. The first-order chi connectivity index (χ1) is 13.9. The van der Waals surface area contributed by atoms with Crippen LogP contribution >= 0.6 is 11.6 Å². The van der Waals surface area contributed by atoms with Crippen LogP contribution in [0.25, 0.3) is 16.9 Å². The van der Waals surface area contributed by atoms with Gasteiger partial charge in [0.05, 0.1) is 24.9 Å². The lowest BCUT2D eigenvalue weighted by Crippen LogP contribution is -2.25. The highest BCUT2D eigenvalue weighted by atomic mass is 35.5. The number of pyridine rings is 1. The first-order valence-corrected chi connectivity index (χ1v) is 8.96. The predicted octanol–water partition coefficient (Wildman–Crippen LogP) is 3.27. The third-order valence-corrected chi connectivity index (χ3v) is 4.42. The van der Waals surface area contributed by atoms with Crippen LogP contribution in [-0.4, -0.2) is 47.3 Å². The summed E-state index contributed by atoms with van der Waals surface area (Å²) in [5, 5.41) is 13.8. The van der Waals surface area contributed by atoms with E-state index in [0.29, 0.717) is 39.1 Å². The minimum absolute atomic E-state index is 0.0265. The maximum Gasteiger partial charge on any atom is 0.404 e. The Balaban J connectivity index is 1.84. The number of fused-ring (bicyclic) bond motifs is 1. The van der Waals surface area contributed by atoms with E-state index in [-0.39, 0.29) is 18.9 Å². The lowest BCUT2D eigenvalue weighted by molar-refractivity contribution is -0.116. The Morgan fingerprint density at radius 2 is 1.97 bits per heavy atom. The monoisotopic (exact) mass is 418 g/mol. The molecule has 29 heavy (non-hydrogen) atoms. The van der Waals surface area contributed by atoms with Crippen LogP contribution in [0.5, 0.6) is 11.5 Å². The molecule has 3 aromatic rings. The number of halogens is 1. The molecule has 0 aliphatic rings. The number of imidazole rings is 1. The molecule has 0 bridgehead atoms. The molecule has 0 aliphatic carbocycles. The highest BCUT2D eigenvalue weighted by molar-refractivity contribution is 6.32. The summed E-state index contributed by atoms with van der Waals surface area (Å²) >= 11 is 6.25. The molecule has 2 aromatic heterocycles. The van der Waals surface area contributed by atoms with E-state index in [0.717, 1.165) is 0 Å². The van der Waals surface area contributed by atoms with E-state index in [1.165, 1.54) is 7.11 Å². The molecule has 2 amide bonds. The number of aromatic nitrogens is 2. The molecule has 0 unspecified atom stereocenters. The summed E-state index contributed by atoms with van der Waals surface area (Å²) in [6.45, 7) is 0.0367. The molecular formula is C19H19ClN4O5. The average molecular weight is 419 g/mol. The molecular weight excluding hydrogens is 400 g/mol. The summed E-state index contributed by atoms with van der Waals surface area (Å²) < 4.78 is 12.4. The maximum absolute atomic E-state index is 11.9. The molecule has 152 valence electrons. The lowest BCUT2D eigenvalue weighted by atomic mass is 10.1. The van der Waals surface area contributed by atoms with Crippen LogP contribution in [0, 0.1) is 0 Å². The first kappa shape index (κ1) is 20.3. The largest absolute Gasteiger partial charge is 0.496 e. The second-order valence-electron chi connectivity index (χ2n) is 6.02. The van der Waals surface area contributed by atoms with Crippen molar-refractivity contribution in [2.45, 2.75) is 6.42 Å². The summed E-state index contributed by atoms with van der Waals surface area (Å²) in [5.74, 6) is 0.756. The second-order valence-corrected chi connectivity index (χ2v) is 6.43. The van der Waals surface area contributed by atoms with Crippen molar-refractivity contribution < 1.29 is 24.2 Å². The topological polar surface area (TPSA) is 114 Å². The number of hydrogen-bond acceptors (Lipinski definition) is 5. The van der Waals surface area contributed by atoms with E-state index in [9.17, 15) is 9.59 Å². The molecule has 0 atom stereocenters. The number of methoxy groups -OCH3 is 2. The number of anilines is 1. The molecule has 0 radical (unpaired) electrons. The first-order valence-electron chi connectivity index (χ1n) is 8.58. The molecule has 10 heteroatoms. The van der Waals surface area contributed by atoms with Crippen molar-refractivity contribution in [1.82, 2.24) is 14.7 Å². The Morgan fingerprint density at radius 3 is 2.66 bits per heavy atom. The molecule has 1 aromatic carbocycles. The minimum Gasteiger partial charge on any atom is -0.496 e. The van der Waals surface area contributed by atoms with Gasteiger partial charge in [0.25, 0.3) is 0 Å². The van der Waals surface area contributed by atoms with Gasteiger partial charge in [0, 0.05) is 48.7 Å². The van der Waals surface area contributed by atoms with E-state index in [4.69, 9.17) is 26.2 Å². The van der Waals surface area contributed by atoms with Crippen molar-refractivity contribution in [2.75, 3.05) is 26.1 Å². The van der Waals surface area contributed by atoms with Gasteiger partial charge in [-0.2, -0.15) is 0 Å². The second kappa shape index (κ2) is 8.70. The normalized spacial score (nSPS) is 10.6. The Bertz CT molecular complexity index is 1070. The van der Waals surface area contributed by atoms with E-state index in [1.54, 1.807) is 42.0 Å². The smallest absolute Gasteiger partial charge is 0.404 e. The number of amides is 2. The number of carboxylic acid groups (broad SMARTS) is 1. The molecule has 3 N–H and O–H groups in total. The average Bonchev–Trinajstić information content (AvgIpc) is 3.10. The molecule has 0 spiro atoms. The van der Waals surface area contributed by atoms with Gasteiger partial charge in [-0.3, -0.25) is 4.79 Å². The Kier molecular flexibility index (Phi) is 6.08. The standard InChI is InChI=1S/C19H19ClN4O5/c1-28-15-9-16(29-2)13(20)8-12(15)14-10-24-6-4-11(7-17(24)23-14)22-18(25)3-5-21-19(26)27/h4,6-10,21H,3,5H2,1-2H3,(H,22,25)(H,26,27). The van der Waals surface area contributed by atoms with Crippen molar-refractivity contribution in [3.63, 3.8) is 0 Å². The van der Waals surface area contributed by atoms with Crippen molar-refractivity contribution in [3.05, 3.63) is 41.7 Å². The molecule has 9 nitrogen and oxygen atoms in total. The zero-order valence-corrected chi connectivity index (χ0v) is 16.5. The third kappa shape index (κ3) is 4.69. The van der Waals surface area contributed by atoms with Crippen LogP contribution in [0.4, 0.5) is 10.5 Å². The summed E-state index contributed by atoms with van der Waals surface area (Å²) in [6, 6.07) is 6.85. The summed E-state index contributed by atoms with van der Waals surface area (Å²) in [7, 11) is 3.08. The lowest BCUT2D eigenvalue weighted by Gasteiger charge is -2.10. The van der Waals surface area contributed by atoms with Crippen LogP contribution in [-0.2, 0) is 4.79 Å². The van der Waals surface area contributed by atoms with Crippen LogP contribution in [0.2, 0.25) is 5.02 Å². The van der Waals surface area contributed by atoms with Crippen LogP contribution in [0.1, 0.15) is 6.42 Å². The fraction of sp³-hybridized carbons (Fsp3) is 0.211. The molecule has 0 saturated carbocycles. The molecule has 0 saturated heterocycles. The summed E-state index contributed by atoms with van der Waals surface area (Å²) in [6.07, 6.45) is 2.43. The van der Waals surface area contributed by atoms with Crippen molar-refractivity contribution >= 4 is 34.9 Å². The number of ether oxygens (including phenoxy) is 2. The van der Waals surface area contributed by atoms with E-state index >= 15 is 0 Å². The van der Waals surface area contributed by atoms with Gasteiger partial charge in [0.2, 0.25) is 5.91 Å². The Hall–Kier alpha value is -3.46. The predicted molar refractivity (Wildman–Crippen MR) is 108 cm³/mol. The molecule has 0 aliphatic heterocycles. The third-order valence-electron chi connectivity index (χ3n) is 4.12. The number of hydrogen-bond donors (Lipinski definition) is 3. The van der Waals surface area contributed by atoms with E-state index < -0.39 is 6.09 Å². The zero-order chi connectivity index (χ0) is 21.0. The van der Waals surface area contributed by atoms with Gasteiger partial charge in [-0.1, -0.05) is 11.6 Å². The maximum atomic E-state index is 11.9. The number of benzene rings is 1. The van der Waals surface area contributed by atoms with Gasteiger partial charge in [0.15, 0.2) is 0 Å². The fourth-order valence-corrected chi connectivity index (χ4v) is 3.00. The van der Waals surface area contributed by atoms with Gasteiger partial charge < -0.3 is 29.6 Å². The van der Waals surface area contributed by atoms with E-state index in [1.807, 2.05) is 6.20 Å². The van der Waals surface area contributed by atoms with Gasteiger partial charge >= 0.3 is 6.09 Å². The number of carbonyl (C=O) groups is 2. The van der Waals surface area contributed by atoms with Crippen molar-refractivity contribution in [1.29, 1.82) is 0 Å². The molecule has 2 heterocycles. The van der Waals surface area contributed by atoms with Gasteiger partial charge in [-0.05, 0) is 12.1 Å². The zero-order valence-electron chi connectivity index (χ0n) is 15.7. The number of carbonyl (C=O) groups excluding carboxylic acids is 1. The van der Waals surface area contributed by atoms with Crippen molar-refractivity contribution in [2.24, 2.45) is 0 Å². The quantitative estimate of drug-likeness (QED) is 0.542. The van der Waals surface area contributed by atoms with Crippen LogP contribution in [0.15, 0.2) is 36.7 Å². The van der Waals surface area contributed by atoms with Crippen LogP contribution < -0.4 is 20.1 Å². The fourth-order valence-electron chi connectivity index (χ4n) is 2.76.